The Labute approximate surface area is 155 Å². The number of halogens is 1. The van der Waals surface area contributed by atoms with Crippen molar-refractivity contribution < 1.29 is 17.6 Å². The Kier molecular flexibility index (Phi) is 12.1. The maximum absolute atomic E-state index is 10.9. The van der Waals surface area contributed by atoms with Crippen LogP contribution in [-0.4, -0.2) is 59.2 Å². The number of nitrogens with one attached hydrogen (secondary N) is 2. The second-order valence-electron chi connectivity index (χ2n) is 4.76. The number of rotatable bonds is 10. The van der Waals surface area contributed by atoms with Gasteiger partial charge < -0.3 is 19.8 Å². The van der Waals surface area contributed by atoms with E-state index in [2.05, 4.69) is 15.6 Å². The lowest BCUT2D eigenvalue weighted by Gasteiger charge is -2.10. The van der Waals surface area contributed by atoms with Crippen LogP contribution in [0.1, 0.15) is 12.7 Å². The Bertz CT molecular complexity index is 532. The predicted octanol–water partition coefficient (Wildman–Crippen LogP) is 1.06. The molecular weight excluding hydrogens is 433 g/mol. The van der Waals surface area contributed by atoms with Crippen molar-refractivity contribution in [2.24, 2.45) is 4.99 Å². The Morgan fingerprint density at radius 1 is 1.35 bits per heavy atom. The Hall–Kier alpha value is -0.810. The molecule has 1 aromatic heterocycles. The van der Waals surface area contributed by atoms with Gasteiger partial charge in [0.1, 0.15) is 15.6 Å². The highest BCUT2D eigenvalue weighted by molar-refractivity contribution is 14.0. The minimum atomic E-state index is -2.96. The molecule has 0 radical (unpaired) electrons. The van der Waals surface area contributed by atoms with Crippen LogP contribution in [0, 0.1) is 0 Å². The number of hydrogen-bond acceptors (Lipinski definition) is 5. The van der Waals surface area contributed by atoms with E-state index in [0.717, 1.165) is 18.7 Å². The van der Waals surface area contributed by atoms with Crippen LogP contribution in [0.15, 0.2) is 27.8 Å². The lowest BCUT2D eigenvalue weighted by Crippen LogP contribution is -2.38. The molecule has 0 amide bonds. The lowest BCUT2D eigenvalue weighted by molar-refractivity contribution is 0.157. The van der Waals surface area contributed by atoms with Gasteiger partial charge in [-0.15, -0.1) is 24.0 Å². The van der Waals surface area contributed by atoms with E-state index in [4.69, 9.17) is 9.15 Å². The summed E-state index contributed by atoms with van der Waals surface area (Å²) in [6.45, 7) is 4.54. The summed E-state index contributed by atoms with van der Waals surface area (Å²) in [6, 6.07) is 3.80. The largest absolute Gasteiger partial charge is 0.469 e. The van der Waals surface area contributed by atoms with Crippen molar-refractivity contribution in [2.45, 2.75) is 13.3 Å². The highest BCUT2D eigenvalue weighted by Gasteiger charge is 2.01. The summed E-state index contributed by atoms with van der Waals surface area (Å²) in [5.41, 5.74) is 0. The van der Waals surface area contributed by atoms with E-state index in [1.807, 2.05) is 19.1 Å². The molecule has 0 aliphatic rings. The summed E-state index contributed by atoms with van der Waals surface area (Å²) in [7, 11) is -2.96. The van der Waals surface area contributed by atoms with E-state index >= 15 is 0 Å². The number of hydrogen-bond donors (Lipinski definition) is 2. The van der Waals surface area contributed by atoms with E-state index in [1.165, 1.54) is 6.26 Å². The second-order valence-corrected chi connectivity index (χ2v) is 7.02. The molecule has 1 heterocycles. The van der Waals surface area contributed by atoms with Gasteiger partial charge in [-0.2, -0.15) is 0 Å². The second kappa shape index (κ2) is 12.6. The molecule has 0 saturated carbocycles. The summed E-state index contributed by atoms with van der Waals surface area (Å²) >= 11 is 0. The number of furan rings is 1. The molecule has 1 aromatic rings. The van der Waals surface area contributed by atoms with Crippen molar-refractivity contribution >= 4 is 39.8 Å². The van der Waals surface area contributed by atoms with Gasteiger partial charge in [-0.3, -0.25) is 4.99 Å². The number of sulfone groups is 1. The first-order valence-electron chi connectivity index (χ1n) is 7.31. The molecule has 0 spiro atoms. The predicted molar refractivity (Wildman–Crippen MR) is 102 cm³/mol. The van der Waals surface area contributed by atoms with Gasteiger partial charge in [-0.1, -0.05) is 0 Å². The van der Waals surface area contributed by atoms with Gasteiger partial charge in [0.05, 0.1) is 31.8 Å². The molecule has 1 rings (SSSR count). The van der Waals surface area contributed by atoms with Crippen molar-refractivity contribution in [3.05, 3.63) is 24.2 Å². The SMILES string of the molecule is CCNC(=NCCOCCS(C)(=O)=O)NCCc1ccco1.I. The number of ether oxygens (including phenoxy) is 1. The third kappa shape index (κ3) is 12.3. The van der Waals surface area contributed by atoms with E-state index in [1.54, 1.807) is 6.26 Å². The molecule has 0 atom stereocenters. The summed E-state index contributed by atoms with van der Waals surface area (Å²) in [5, 5.41) is 6.34. The molecule has 0 aliphatic carbocycles. The van der Waals surface area contributed by atoms with Crippen molar-refractivity contribution in [1.82, 2.24) is 10.6 Å². The molecule has 7 nitrogen and oxygen atoms in total. The minimum Gasteiger partial charge on any atom is -0.469 e. The fourth-order valence-corrected chi connectivity index (χ4v) is 2.06. The first-order valence-corrected chi connectivity index (χ1v) is 9.37. The summed E-state index contributed by atoms with van der Waals surface area (Å²) < 4.78 is 32.4. The van der Waals surface area contributed by atoms with E-state index in [-0.39, 0.29) is 36.3 Å². The van der Waals surface area contributed by atoms with Gasteiger partial charge >= 0.3 is 0 Å². The highest BCUT2D eigenvalue weighted by atomic mass is 127. The molecule has 0 unspecified atom stereocenters. The zero-order valence-electron chi connectivity index (χ0n) is 13.6. The van der Waals surface area contributed by atoms with Crippen LogP contribution in [0.5, 0.6) is 0 Å². The van der Waals surface area contributed by atoms with Crippen molar-refractivity contribution in [3.8, 4) is 0 Å². The molecule has 0 aliphatic heterocycles. The maximum Gasteiger partial charge on any atom is 0.191 e. The standard InChI is InChI=1S/C14H25N3O4S.HI/c1-3-15-14(16-7-6-13-5-4-9-21-13)17-8-10-20-11-12-22(2,18)19;/h4-5,9H,3,6-8,10-12H2,1-2H3,(H2,15,16,17);1H. The summed E-state index contributed by atoms with van der Waals surface area (Å²) in [6.07, 6.45) is 3.63. The average molecular weight is 459 g/mol. The lowest BCUT2D eigenvalue weighted by atomic mass is 10.3. The van der Waals surface area contributed by atoms with Gasteiger partial charge in [-0.05, 0) is 19.1 Å². The Morgan fingerprint density at radius 3 is 2.74 bits per heavy atom. The zero-order valence-corrected chi connectivity index (χ0v) is 16.7. The van der Waals surface area contributed by atoms with Crippen molar-refractivity contribution in [2.75, 3.05) is 44.9 Å². The summed E-state index contributed by atoms with van der Waals surface area (Å²) in [4.78, 5) is 4.36. The van der Waals surface area contributed by atoms with Crippen LogP contribution in [0.4, 0.5) is 0 Å². The Balaban J connectivity index is 0.00000484. The maximum atomic E-state index is 10.9. The number of nitrogens with zero attached hydrogens (tertiary/aromatic N) is 1. The molecular formula is C14H26IN3O4S. The quantitative estimate of drug-likeness (QED) is 0.235. The Morgan fingerprint density at radius 2 is 2.13 bits per heavy atom. The van der Waals surface area contributed by atoms with Crippen LogP contribution >= 0.6 is 24.0 Å². The molecule has 23 heavy (non-hydrogen) atoms. The number of guanidine groups is 1. The molecule has 0 fully saturated rings. The van der Waals surface area contributed by atoms with E-state index < -0.39 is 9.84 Å². The van der Waals surface area contributed by atoms with Crippen molar-refractivity contribution in [3.63, 3.8) is 0 Å². The van der Waals surface area contributed by atoms with Crippen molar-refractivity contribution in [1.29, 1.82) is 0 Å². The third-order valence-electron chi connectivity index (χ3n) is 2.69. The summed E-state index contributed by atoms with van der Waals surface area (Å²) in [5.74, 6) is 1.67. The monoisotopic (exact) mass is 459 g/mol. The van der Waals surface area contributed by atoms with Crippen LogP contribution in [0.2, 0.25) is 0 Å². The normalized spacial score (nSPS) is 11.8. The van der Waals surface area contributed by atoms with E-state index in [0.29, 0.717) is 25.7 Å². The van der Waals surface area contributed by atoms with Crippen LogP contribution in [0.3, 0.4) is 0 Å². The van der Waals surface area contributed by atoms with Crippen LogP contribution in [-0.2, 0) is 21.0 Å². The molecule has 0 saturated heterocycles. The van der Waals surface area contributed by atoms with Gasteiger partial charge in [0.2, 0.25) is 0 Å². The average Bonchev–Trinajstić information content (AvgIpc) is 2.94. The molecule has 134 valence electrons. The molecule has 0 bridgehead atoms. The third-order valence-corrected chi connectivity index (χ3v) is 3.60. The van der Waals surface area contributed by atoms with Gasteiger partial charge in [0.25, 0.3) is 0 Å². The smallest absolute Gasteiger partial charge is 0.191 e. The molecule has 0 aromatic carbocycles. The first kappa shape index (κ1) is 22.2. The van der Waals surface area contributed by atoms with Crippen LogP contribution in [0.25, 0.3) is 0 Å². The van der Waals surface area contributed by atoms with E-state index in [9.17, 15) is 8.42 Å². The minimum absolute atomic E-state index is 0. The number of aliphatic imine (C=N–C) groups is 1. The first-order chi connectivity index (χ1) is 10.5. The topological polar surface area (TPSA) is 92.9 Å². The van der Waals surface area contributed by atoms with Crippen LogP contribution < -0.4 is 10.6 Å². The van der Waals surface area contributed by atoms with Gasteiger partial charge in [0, 0.05) is 25.8 Å². The zero-order chi connectivity index (χ0) is 16.3. The fraction of sp³-hybridized carbons (Fsp3) is 0.643. The fourth-order valence-electron chi connectivity index (χ4n) is 1.64. The molecule has 9 heteroatoms. The van der Waals surface area contributed by atoms with Gasteiger partial charge in [0.15, 0.2) is 5.96 Å². The highest BCUT2D eigenvalue weighted by Crippen LogP contribution is 1.99. The molecule has 2 N–H and O–H groups in total. The van der Waals surface area contributed by atoms with Gasteiger partial charge in [-0.25, -0.2) is 8.42 Å².